The highest BCUT2D eigenvalue weighted by Crippen LogP contribution is 2.92. The summed E-state index contributed by atoms with van der Waals surface area (Å²) >= 11 is 2.57. The third-order valence-corrected chi connectivity index (χ3v) is 7.20. The molecule has 0 nitrogen and oxygen atoms in total. The zero-order valence-electron chi connectivity index (χ0n) is 8.88. The van der Waals surface area contributed by atoms with E-state index in [1.54, 1.807) is 0 Å². The van der Waals surface area contributed by atoms with E-state index in [4.69, 9.17) is 0 Å². The summed E-state index contributed by atoms with van der Waals surface area (Å²) in [4.78, 5) is 0. The van der Waals surface area contributed by atoms with Crippen molar-refractivity contribution in [1.82, 2.24) is 0 Å². The first kappa shape index (κ1) is 9.60. The third-order valence-electron chi connectivity index (χ3n) is 6.05. The second kappa shape index (κ2) is 2.01. The molecule has 0 unspecified atom stereocenters. The highest BCUT2D eigenvalue weighted by atomic mass is 127. The van der Waals surface area contributed by atoms with E-state index in [0.29, 0.717) is 14.3 Å². The molecule has 6 aliphatic carbocycles. The van der Waals surface area contributed by atoms with Gasteiger partial charge < -0.3 is 0 Å². The van der Waals surface area contributed by atoms with Gasteiger partial charge >= 0.3 is 0 Å². The quantitative estimate of drug-likeness (QED) is 0.528. The van der Waals surface area contributed by atoms with Crippen LogP contribution < -0.4 is 0 Å². The van der Waals surface area contributed by atoms with Crippen LogP contribution in [0.25, 0.3) is 0 Å². The molecular weight excluding hydrogens is 309 g/mol. The van der Waals surface area contributed by atoms with Crippen molar-refractivity contribution in [2.45, 2.75) is 54.8 Å². The number of halogens is 3. The van der Waals surface area contributed by atoms with Crippen molar-refractivity contribution < 1.29 is 8.78 Å². The van der Waals surface area contributed by atoms with Crippen molar-refractivity contribution in [1.29, 1.82) is 0 Å². The van der Waals surface area contributed by atoms with Crippen LogP contribution in [0, 0.1) is 16.2 Å². The van der Waals surface area contributed by atoms with Gasteiger partial charge in [-0.25, -0.2) is 8.78 Å². The van der Waals surface area contributed by atoms with Gasteiger partial charge in [-0.05, 0) is 56.3 Å². The van der Waals surface area contributed by atoms with Crippen molar-refractivity contribution in [3.63, 3.8) is 0 Å². The lowest BCUT2D eigenvalue weighted by molar-refractivity contribution is -0.388. The van der Waals surface area contributed by atoms with Gasteiger partial charge in [0.1, 0.15) is 0 Å². The highest BCUT2D eigenvalue weighted by molar-refractivity contribution is 14.1. The molecule has 0 N–H and O–H groups in total. The Kier molecular flexibility index (Phi) is 1.29. The molecule has 0 aromatic heterocycles. The molecule has 6 saturated carbocycles. The Morgan fingerprint density at radius 1 is 0.933 bits per heavy atom. The second-order valence-corrected chi connectivity index (χ2v) is 9.23. The Hall–Kier alpha value is 0.590. The number of alkyl halides is 3. The van der Waals surface area contributed by atoms with Gasteiger partial charge in [-0.15, -0.1) is 0 Å². The first-order valence-corrected chi connectivity index (χ1v) is 6.89. The molecule has 15 heavy (non-hydrogen) atoms. The van der Waals surface area contributed by atoms with Gasteiger partial charge in [0.05, 0.1) is 0 Å². The zero-order valence-corrected chi connectivity index (χ0v) is 11.0. The molecule has 0 aliphatic heterocycles. The average Bonchev–Trinajstić information content (AvgIpc) is 1.69. The van der Waals surface area contributed by atoms with Gasteiger partial charge in [0.25, 0.3) is 5.92 Å². The summed E-state index contributed by atoms with van der Waals surface area (Å²) in [5, 5.41) is 0. The summed E-state index contributed by atoms with van der Waals surface area (Å²) in [6.07, 6.45) is 6.46. The highest BCUT2D eigenvalue weighted by Gasteiger charge is 2.86. The minimum atomic E-state index is -2.43. The van der Waals surface area contributed by atoms with E-state index >= 15 is 0 Å². The first-order chi connectivity index (χ1) is 6.74. The van der Waals surface area contributed by atoms with Gasteiger partial charge in [-0.1, -0.05) is 22.6 Å². The Morgan fingerprint density at radius 2 is 1.33 bits per heavy atom. The van der Waals surface area contributed by atoms with E-state index < -0.39 is 11.3 Å². The fraction of sp³-hybridized carbons (Fsp3) is 1.00. The van der Waals surface area contributed by atoms with Crippen LogP contribution in [-0.2, 0) is 0 Å². The van der Waals surface area contributed by atoms with Crippen molar-refractivity contribution in [3.05, 3.63) is 0 Å². The topological polar surface area (TPSA) is 0 Å². The van der Waals surface area contributed by atoms with E-state index in [2.05, 4.69) is 22.6 Å². The number of hydrogen-bond donors (Lipinski definition) is 0. The lowest BCUT2D eigenvalue weighted by Gasteiger charge is -2.87. The molecule has 6 rings (SSSR count). The SMILES string of the molecule is CC(F)(F)C12CC(C34CC(I)(C3)C4)(C1)C2. The molecule has 6 fully saturated rings. The minimum Gasteiger partial charge on any atom is -0.207 e. The van der Waals surface area contributed by atoms with Crippen LogP contribution >= 0.6 is 22.6 Å². The van der Waals surface area contributed by atoms with E-state index in [0.717, 1.165) is 26.2 Å². The minimum absolute atomic E-state index is 0.374. The smallest absolute Gasteiger partial charge is 0.207 e. The molecule has 0 aromatic rings. The summed E-state index contributed by atoms with van der Waals surface area (Å²) in [5.41, 5.74) is 0.335. The predicted molar refractivity (Wildman–Crippen MR) is 62.4 cm³/mol. The summed E-state index contributed by atoms with van der Waals surface area (Å²) in [5.74, 6) is -2.43. The summed E-state index contributed by atoms with van der Waals surface area (Å²) in [7, 11) is 0. The number of hydrogen-bond acceptors (Lipinski definition) is 0. The molecule has 3 heteroatoms. The molecular formula is C12H15F2I. The van der Waals surface area contributed by atoms with E-state index in [1.807, 2.05) is 0 Å². The third kappa shape index (κ3) is 0.776. The molecule has 6 aliphatic rings. The van der Waals surface area contributed by atoms with Gasteiger partial charge in [-0.2, -0.15) is 0 Å². The summed E-state index contributed by atoms with van der Waals surface area (Å²) in [6, 6.07) is 0. The van der Waals surface area contributed by atoms with Crippen LogP contribution in [-0.4, -0.2) is 9.34 Å². The first-order valence-electron chi connectivity index (χ1n) is 5.81. The van der Waals surface area contributed by atoms with Crippen LogP contribution in [0.1, 0.15) is 45.4 Å². The predicted octanol–water partition coefficient (Wildman–Crippen LogP) is 4.17. The maximum absolute atomic E-state index is 13.4. The fourth-order valence-electron chi connectivity index (χ4n) is 5.04. The molecule has 84 valence electrons. The average molecular weight is 324 g/mol. The van der Waals surface area contributed by atoms with Crippen LogP contribution in [0.15, 0.2) is 0 Å². The molecule has 0 radical (unpaired) electrons. The standard InChI is InChI=1S/C12H15F2I/c1-8(13,14)9-2-10(3-9,4-9)11-5-12(15,6-11)7-11/h2-7H2,1H3. The normalized spacial score (nSPS) is 64.8. The Balaban J connectivity index is 1.53. The summed E-state index contributed by atoms with van der Waals surface area (Å²) < 4.78 is 27.3. The molecule has 0 heterocycles. The lowest BCUT2D eigenvalue weighted by Crippen LogP contribution is -2.82. The fourth-order valence-corrected chi connectivity index (χ4v) is 7.23. The van der Waals surface area contributed by atoms with Gasteiger partial charge in [-0.3, -0.25) is 0 Å². The van der Waals surface area contributed by atoms with E-state index in [9.17, 15) is 8.78 Å². The van der Waals surface area contributed by atoms with Gasteiger partial charge in [0.15, 0.2) is 0 Å². The maximum Gasteiger partial charge on any atom is 0.250 e. The molecule has 0 amide bonds. The van der Waals surface area contributed by atoms with Crippen molar-refractivity contribution in [3.8, 4) is 0 Å². The van der Waals surface area contributed by atoms with Gasteiger partial charge in [0.2, 0.25) is 0 Å². The molecule has 0 spiro atoms. The maximum atomic E-state index is 13.4. The van der Waals surface area contributed by atoms with Gasteiger partial charge in [0, 0.05) is 8.84 Å². The van der Waals surface area contributed by atoms with Crippen molar-refractivity contribution in [2.24, 2.45) is 16.2 Å². The molecule has 0 aromatic carbocycles. The van der Waals surface area contributed by atoms with Crippen LogP contribution in [0.2, 0.25) is 0 Å². The van der Waals surface area contributed by atoms with E-state index in [1.165, 1.54) is 19.3 Å². The Morgan fingerprint density at radius 3 is 1.67 bits per heavy atom. The van der Waals surface area contributed by atoms with Crippen LogP contribution in [0.3, 0.4) is 0 Å². The monoisotopic (exact) mass is 324 g/mol. The van der Waals surface area contributed by atoms with E-state index in [-0.39, 0.29) is 0 Å². The van der Waals surface area contributed by atoms with Crippen molar-refractivity contribution >= 4 is 22.6 Å². The molecule has 0 saturated heterocycles. The second-order valence-electron chi connectivity index (χ2n) is 6.94. The summed E-state index contributed by atoms with van der Waals surface area (Å²) in [6.45, 7) is 1.12. The van der Waals surface area contributed by atoms with Crippen molar-refractivity contribution in [2.75, 3.05) is 0 Å². The van der Waals surface area contributed by atoms with Crippen LogP contribution in [0.4, 0.5) is 8.78 Å². The lowest BCUT2D eigenvalue weighted by atomic mass is 9.19. The largest absolute Gasteiger partial charge is 0.250 e. The molecule has 0 atom stereocenters. The Labute approximate surface area is 102 Å². The zero-order chi connectivity index (χ0) is 10.7. The van der Waals surface area contributed by atoms with Crippen LogP contribution in [0.5, 0.6) is 0 Å². The Bertz CT molecular complexity index is 329. The number of rotatable bonds is 2. The molecule has 4 bridgehead atoms.